The molecule has 0 spiro atoms. The van der Waals surface area contributed by atoms with E-state index in [0.29, 0.717) is 5.69 Å². The van der Waals surface area contributed by atoms with Gasteiger partial charge in [0.15, 0.2) is 0 Å². The normalized spacial score (nSPS) is 11.6. The summed E-state index contributed by atoms with van der Waals surface area (Å²) in [5, 5.41) is 3.54. The number of halogens is 3. The molecule has 0 atom stereocenters. The molecule has 19 heavy (non-hydrogen) atoms. The molecule has 102 valence electrons. The van der Waals surface area contributed by atoms with Gasteiger partial charge in [-0.1, -0.05) is 5.16 Å². The minimum absolute atomic E-state index is 0.0293. The number of hydrogen-bond donors (Lipinski definition) is 1. The van der Waals surface area contributed by atoms with Gasteiger partial charge in [-0.15, -0.1) is 0 Å². The van der Waals surface area contributed by atoms with Crippen LogP contribution < -0.4 is 10.6 Å². The molecule has 0 aliphatic carbocycles. The van der Waals surface area contributed by atoms with Crippen molar-refractivity contribution in [3.8, 4) is 11.3 Å². The first kappa shape index (κ1) is 13.3. The molecule has 0 aliphatic rings. The third kappa shape index (κ3) is 2.64. The zero-order valence-corrected chi connectivity index (χ0v) is 10.3. The quantitative estimate of drug-likeness (QED) is 0.912. The van der Waals surface area contributed by atoms with E-state index in [-0.39, 0.29) is 17.1 Å². The van der Waals surface area contributed by atoms with Crippen LogP contribution in [0.3, 0.4) is 0 Å². The van der Waals surface area contributed by atoms with Crippen LogP contribution in [0.1, 0.15) is 5.56 Å². The van der Waals surface area contributed by atoms with Crippen molar-refractivity contribution in [2.24, 2.45) is 0 Å². The van der Waals surface area contributed by atoms with Gasteiger partial charge in [-0.25, -0.2) is 0 Å². The Kier molecular flexibility index (Phi) is 3.13. The molecule has 2 N–H and O–H groups in total. The molecule has 0 saturated heterocycles. The molecule has 4 nitrogen and oxygen atoms in total. The summed E-state index contributed by atoms with van der Waals surface area (Å²) in [6.45, 7) is 0. The Morgan fingerprint density at radius 2 is 1.89 bits per heavy atom. The van der Waals surface area contributed by atoms with E-state index in [0.717, 1.165) is 6.07 Å². The van der Waals surface area contributed by atoms with Crippen molar-refractivity contribution in [2.45, 2.75) is 6.18 Å². The molecule has 0 unspecified atom stereocenters. The number of rotatable bonds is 2. The van der Waals surface area contributed by atoms with Crippen molar-refractivity contribution in [3.63, 3.8) is 0 Å². The minimum Gasteiger partial charge on any atom is -0.378 e. The Morgan fingerprint density at radius 3 is 2.37 bits per heavy atom. The maximum absolute atomic E-state index is 13.0. The van der Waals surface area contributed by atoms with E-state index in [2.05, 4.69) is 9.68 Å². The van der Waals surface area contributed by atoms with Gasteiger partial charge in [0.1, 0.15) is 5.69 Å². The minimum atomic E-state index is -4.46. The number of benzene rings is 1. The molecule has 0 aliphatic heterocycles. The maximum atomic E-state index is 13.0. The van der Waals surface area contributed by atoms with Gasteiger partial charge in [0.05, 0.1) is 5.56 Å². The van der Waals surface area contributed by atoms with Crippen molar-refractivity contribution in [1.82, 2.24) is 5.16 Å². The molecule has 1 aromatic heterocycles. The molecule has 2 aromatic rings. The summed E-state index contributed by atoms with van der Waals surface area (Å²) in [5.41, 5.74) is 5.22. The average molecular weight is 271 g/mol. The van der Waals surface area contributed by atoms with E-state index < -0.39 is 11.7 Å². The van der Waals surface area contributed by atoms with E-state index in [1.165, 1.54) is 18.2 Å². The maximum Gasteiger partial charge on any atom is 0.417 e. The SMILES string of the molecule is CN(C)c1ccc(C(F)(F)F)c(-c2cc(N)on2)c1. The van der Waals surface area contributed by atoms with Gasteiger partial charge in [-0.05, 0) is 18.2 Å². The van der Waals surface area contributed by atoms with E-state index in [9.17, 15) is 13.2 Å². The van der Waals surface area contributed by atoms with Crippen LogP contribution in [0.25, 0.3) is 11.3 Å². The molecule has 0 bridgehead atoms. The third-order valence-corrected chi connectivity index (χ3v) is 2.63. The molecule has 7 heteroatoms. The number of nitrogen functional groups attached to an aromatic ring is 1. The number of hydrogen-bond acceptors (Lipinski definition) is 4. The molecule has 1 aromatic carbocycles. The number of alkyl halides is 3. The van der Waals surface area contributed by atoms with Crippen LogP contribution >= 0.6 is 0 Å². The summed E-state index contributed by atoms with van der Waals surface area (Å²) in [4.78, 5) is 1.70. The lowest BCUT2D eigenvalue weighted by Gasteiger charge is -2.17. The first-order valence-electron chi connectivity index (χ1n) is 5.40. The second-order valence-electron chi connectivity index (χ2n) is 4.24. The topological polar surface area (TPSA) is 55.3 Å². The third-order valence-electron chi connectivity index (χ3n) is 2.63. The molecular formula is C12H12F3N3O. The highest BCUT2D eigenvalue weighted by Gasteiger charge is 2.34. The van der Waals surface area contributed by atoms with Crippen molar-refractivity contribution >= 4 is 11.6 Å². The van der Waals surface area contributed by atoms with Crippen LogP contribution in [0.5, 0.6) is 0 Å². The zero-order chi connectivity index (χ0) is 14.2. The first-order valence-corrected chi connectivity index (χ1v) is 5.40. The van der Waals surface area contributed by atoms with Crippen LogP contribution in [-0.2, 0) is 6.18 Å². The molecule has 1 heterocycles. The van der Waals surface area contributed by atoms with Gasteiger partial charge in [0.2, 0.25) is 5.88 Å². The van der Waals surface area contributed by atoms with Gasteiger partial charge < -0.3 is 15.2 Å². The second-order valence-corrected chi connectivity index (χ2v) is 4.24. The Balaban J connectivity index is 2.63. The Hall–Kier alpha value is -2.18. The predicted molar refractivity (Wildman–Crippen MR) is 65.7 cm³/mol. The van der Waals surface area contributed by atoms with Gasteiger partial charge >= 0.3 is 6.18 Å². The van der Waals surface area contributed by atoms with Gasteiger partial charge in [-0.2, -0.15) is 13.2 Å². The molecular weight excluding hydrogens is 259 g/mol. The lowest BCUT2D eigenvalue weighted by molar-refractivity contribution is -0.137. The molecule has 0 amide bonds. The Labute approximate surface area is 107 Å². The highest BCUT2D eigenvalue weighted by atomic mass is 19.4. The van der Waals surface area contributed by atoms with Gasteiger partial charge in [0, 0.05) is 31.4 Å². The fourth-order valence-corrected chi connectivity index (χ4v) is 1.69. The largest absolute Gasteiger partial charge is 0.417 e. The lowest BCUT2D eigenvalue weighted by Crippen LogP contribution is -2.12. The van der Waals surface area contributed by atoms with E-state index in [1.54, 1.807) is 19.0 Å². The summed E-state index contributed by atoms with van der Waals surface area (Å²) >= 11 is 0. The summed E-state index contributed by atoms with van der Waals surface area (Å²) in [7, 11) is 3.48. The fraction of sp³-hybridized carbons (Fsp3) is 0.250. The molecule has 0 radical (unpaired) electrons. The summed E-state index contributed by atoms with van der Waals surface area (Å²) in [6, 6.07) is 5.09. The summed E-state index contributed by atoms with van der Waals surface area (Å²) < 4.78 is 43.5. The number of nitrogens with zero attached hydrogens (tertiary/aromatic N) is 2. The fourth-order valence-electron chi connectivity index (χ4n) is 1.69. The monoisotopic (exact) mass is 271 g/mol. The summed E-state index contributed by atoms with van der Waals surface area (Å²) in [6.07, 6.45) is -4.46. The Bertz CT molecular complexity index is 590. The van der Waals surface area contributed by atoms with Crippen LogP contribution in [0.4, 0.5) is 24.7 Å². The van der Waals surface area contributed by atoms with Crippen molar-refractivity contribution in [3.05, 3.63) is 29.8 Å². The number of anilines is 2. The number of aromatic nitrogens is 1. The number of nitrogens with two attached hydrogens (primary N) is 1. The van der Waals surface area contributed by atoms with Crippen LogP contribution in [-0.4, -0.2) is 19.3 Å². The first-order chi connectivity index (χ1) is 8.79. The molecule has 0 saturated carbocycles. The average Bonchev–Trinajstić information content (AvgIpc) is 2.73. The van der Waals surface area contributed by atoms with Crippen molar-refractivity contribution in [1.29, 1.82) is 0 Å². The van der Waals surface area contributed by atoms with Crippen LogP contribution in [0.15, 0.2) is 28.8 Å². The van der Waals surface area contributed by atoms with E-state index in [1.807, 2.05) is 0 Å². The van der Waals surface area contributed by atoms with E-state index >= 15 is 0 Å². The zero-order valence-electron chi connectivity index (χ0n) is 10.3. The van der Waals surface area contributed by atoms with Gasteiger partial charge in [-0.3, -0.25) is 0 Å². The Morgan fingerprint density at radius 1 is 1.21 bits per heavy atom. The lowest BCUT2D eigenvalue weighted by atomic mass is 10.0. The standard InChI is InChI=1S/C12H12F3N3O/c1-18(2)7-3-4-9(12(13,14)15)8(5-7)10-6-11(16)19-17-10/h3-6H,16H2,1-2H3. The summed E-state index contributed by atoms with van der Waals surface area (Å²) in [5.74, 6) is -0.0293. The molecule has 2 rings (SSSR count). The van der Waals surface area contributed by atoms with Crippen LogP contribution in [0.2, 0.25) is 0 Å². The molecule has 0 fully saturated rings. The highest BCUT2D eigenvalue weighted by molar-refractivity contribution is 5.71. The van der Waals surface area contributed by atoms with Crippen molar-refractivity contribution in [2.75, 3.05) is 24.7 Å². The van der Waals surface area contributed by atoms with E-state index in [4.69, 9.17) is 5.73 Å². The predicted octanol–water partition coefficient (Wildman–Crippen LogP) is 3.01. The van der Waals surface area contributed by atoms with Crippen molar-refractivity contribution < 1.29 is 17.7 Å². The van der Waals surface area contributed by atoms with Crippen LogP contribution in [0, 0.1) is 0 Å². The second kappa shape index (κ2) is 4.49. The highest BCUT2D eigenvalue weighted by Crippen LogP contribution is 2.38. The smallest absolute Gasteiger partial charge is 0.378 e. The van der Waals surface area contributed by atoms with Gasteiger partial charge in [0.25, 0.3) is 0 Å².